The molecule has 0 unspecified atom stereocenters. The highest BCUT2D eigenvalue weighted by molar-refractivity contribution is 5.93. The number of carboxylic acid groups (broad SMARTS) is 1. The van der Waals surface area contributed by atoms with Gasteiger partial charge in [0, 0.05) is 6.20 Å². The van der Waals surface area contributed by atoms with E-state index < -0.39 is 17.8 Å². The molecule has 0 fully saturated rings. The number of pyridine rings is 1. The van der Waals surface area contributed by atoms with Crippen molar-refractivity contribution in [1.82, 2.24) is 4.98 Å². The summed E-state index contributed by atoms with van der Waals surface area (Å²) in [6.45, 7) is 0. The van der Waals surface area contributed by atoms with Crippen molar-refractivity contribution in [1.29, 1.82) is 0 Å². The lowest BCUT2D eigenvalue weighted by molar-refractivity contribution is -0.137. The molecule has 1 amide bonds. The van der Waals surface area contributed by atoms with Crippen LogP contribution < -0.4 is 4.90 Å². The van der Waals surface area contributed by atoms with Crippen LogP contribution in [0.15, 0.2) is 48.7 Å². The van der Waals surface area contributed by atoms with E-state index in [1.54, 1.807) is 18.2 Å². The number of nitrogens with zero attached hydrogens (tertiary/aromatic N) is 2. The molecule has 7 heteroatoms. The highest BCUT2D eigenvalue weighted by Gasteiger charge is 2.31. The topological polar surface area (TPSA) is 53.4 Å². The van der Waals surface area contributed by atoms with E-state index in [1.165, 1.54) is 12.1 Å². The lowest BCUT2D eigenvalue weighted by atomic mass is 10.2. The van der Waals surface area contributed by atoms with E-state index in [2.05, 4.69) is 4.98 Å². The first kappa shape index (κ1) is 13.9. The molecule has 0 atom stereocenters. The number of para-hydroxylation sites is 1. The molecule has 0 saturated carbocycles. The molecule has 1 N–H and O–H groups in total. The highest BCUT2D eigenvalue weighted by atomic mass is 19.4. The zero-order chi connectivity index (χ0) is 14.8. The van der Waals surface area contributed by atoms with Gasteiger partial charge in [-0.2, -0.15) is 13.2 Å². The second kappa shape index (κ2) is 5.20. The van der Waals surface area contributed by atoms with Crippen molar-refractivity contribution in [2.24, 2.45) is 0 Å². The van der Waals surface area contributed by atoms with Crippen molar-refractivity contribution in [3.63, 3.8) is 0 Å². The second-order valence-electron chi connectivity index (χ2n) is 3.86. The molecule has 2 aromatic rings. The smallest absolute Gasteiger partial charge is 0.417 e. The van der Waals surface area contributed by atoms with Crippen molar-refractivity contribution in [3.8, 4) is 0 Å². The number of halogens is 3. The lowest BCUT2D eigenvalue weighted by Crippen LogP contribution is -2.24. The standard InChI is InChI=1S/C13H9F3N2O2/c14-13(15,16)9-6-7-11(17-8-9)18(12(19)20)10-4-2-1-3-5-10/h1-8H,(H,19,20). The molecule has 0 aliphatic heterocycles. The quantitative estimate of drug-likeness (QED) is 0.908. The van der Waals surface area contributed by atoms with Gasteiger partial charge in [-0.15, -0.1) is 0 Å². The summed E-state index contributed by atoms with van der Waals surface area (Å²) in [5, 5.41) is 9.17. The van der Waals surface area contributed by atoms with Crippen LogP contribution >= 0.6 is 0 Å². The fourth-order valence-electron chi connectivity index (χ4n) is 1.60. The Morgan fingerprint density at radius 2 is 1.75 bits per heavy atom. The van der Waals surface area contributed by atoms with Crippen LogP contribution in [-0.2, 0) is 6.18 Å². The van der Waals surface area contributed by atoms with Crippen LogP contribution in [0.4, 0.5) is 29.5 Å². The number of hydrogen-bond donors (Lipinski definition) is 1. The monoisotopic (exact) mass is 282 g/mol. The Labute approximate surface area is 112 Å². The van der Waals surface area contributed by atoms with Crippen molar-refractivity contribution in [2.75, 3.05) is 4.90 Å². The minimum absolute atomic E-state index is 0.100. The summed E-state index contributed by atoms with van der Waals surface area (Å²) in [6, 6.07) is 9.79. The fourth-order valence-corrected chi connectivity index (χ4v) is 1.60. The maximum Gasteiger partial charge on any atom is 0.417 e. The molecule has 1 aromatic carbocycles. The summed E-state index contributed by atoms with van der Waals surface area (Å²) in [4.78, 5) is 15.6. The zero-order valence-electron chi connectivity index (χ0n) is 10.0. The van der Waals surface area contributed by atoms with Gasteiger partial charge < -0.3 is 5.11 Å². The first-order valence-corrected chi connectivity index (χ1v) is 5.51. The molecule has 104 valence electrons. The van der Waals surface area contributed by atoms with Crippen LogP contribution in [0.3, 0.4) is 0 Å². The van der Waals surface area contributed by atoms with E-state index in [4.69, 9.17) is 0 Å². The average molecular weight is 282 g/mol. The molecule has 0 saturated heterocycles. The summed E-state index contributed by atoms with van der Waals surface area (Å²) >= 11 is 0. The summed E-state index contributed by atoms with van der Waals surface area (Å²) in [7, 11) is 0. The van der Waals surface area contributed by atoms with Crippen molar-refractivity contribution < 1.29 is 23.1 Å². The third kappa shape index (κ3) is 2.87. The van der Waals surface area contributed by atoms with Gasteiger partial charge in [0.1, 0.15) is 5.82 Å². The largest absolute Gasteiger partial charge is 0.464 e. The number of rotatable bonds is 2. The first-order chi connectivity index (χ1) is 9.39. The normalized spacial score (nSPS) is 11.2. The van der Waals surface area contributed by atoms with Gasteiger partial charge in [0.25, 0.3) is 0 Å². The van der Waals surface area contributed by atoms with Gasteiger partial charge in [-0.3, -0.25) is 0 Å². The molecule has 0 aliphatic carbocycles. The van der Waals surface area contributed by atoms with Crippen molar-refractivity contribution in [2.45, 2.75) is 6.18 Å². The highest BCUT2D eigenvalue weighted by Crippen LogP contribution is 2.30. The Morgan fingerprint density at radius 1 is 1.10 bits per heavy atom. The third-order valence-electron chi connectivity index (χ3n) is 2.51. The summed E-state index contributed by atoms with van der Waals surface area (Å²) in [5.74, 6) is -0.100. The minimum Gasteiger partial charge on any atom is -0.464 e. The predicted octanol–water partition coefficient (Wildman–Crippen LogP) is 3.92. The SMILES string of the molecule is O=C(O)N(c1ccccc1)c1ccc(C(F)(F)F)cn1. The molecule has 0 bridgehead atoms. The second-order valence-corrected chi connectivity index (χ2v) is 3.86. The average Bonchev–Trinajstić information content (AvgIpc) is 2.39. The predicted molar refractivity (Wildman–Crippen MR) is 65.8 cm³/mol. The zero-order valence-corrected chi connectivity index (χ0v) is 10.0. The van der Waals surface area contributed by atoms with Crippen LogP contribution in [0.5, 0.6) is 0 Å². The van der Waals surface area contributed by atoms with E-state index in [0.29, 0.717) is 11.9 Å². The van der Waals surface area contributed by atoms with Crippen LogP contribution in [0, 0.1) is 0 Å². The molecule has 0 radical (unpaired) electrons. The Morgan fingerprint density at radius 3 is 2.20 bits per heavy atom. The van der Waals surface area contributed by atoms with E-state index in [1.807, 2.05) is 0 Å². The Kier molecular flexibility index (Phi) is 3.60. The van der Waals surface area contributed by atoms with Crippen molar-refractivity contribution in [3.05, 3.63) is 54.2 Å². The van der Waals surface area contributed by atoms with Gasteiger partial charge in [0.15, 0.2) is 0 Å². The van der Waals surface area contributed by atoms with Gasteiger partial charge in [-0.25, -0.2) is 14.7 Å². The summed E-state index contributed by atoms with van der Waals surface area (Å²) in [6.07, 6.45) is -5.23. The third-order valence-corrected chi connectivity index (χ3v) is 2.51. The molecule has 2 rings (SSSR count). The first-order valence-electron chi connectivity index (χ1n) is 5.51. The number of benzene rings is 1. The Bertz CT molecular complexity index is 597. The van der Waals surface area contributed by atoms with Gasteiger partial charge in [0.05, 0.1) is 11.3 Å². The van der Waals surface area contributed by atoms with E-state index in [9.17, 15) is 23.1 Å². The van der Waals surface area contributed by atoms with Crippen LogP contribution in [0.1, 0.15) is 5.56 Å². The maximum absolute atomic E-state index is 12.4. The molecule has 4 nitrogen and oxygen atoms in total. The number of hydrogen-bond acceptors (Lipinski definition) is 2. The van der Waals surface area contributed by atoms with Crippen LogP contribution in [0.2, 0.25) is 0 Å². The molecule has 0 spiro atoms. The fraction of sp³-hybridized carbons (Fsp3) is 0.0769. The minimum atomic E-state index is -4.51. The number of anilines is 2. The van der Waals surface area contributed by atoms with Gasteiger partial charge >= 0.3 is 12.3 Å². The molecule has 20 heavy (non-hydrogen) atoms. The number of carbonyl (C=O) groups is 1. The molecular weight excluding hydrogens is 273 g/mol. The summed E-state index contributed by atoms with van der Waals surface area (Å²) in [5.41, 5.74) is -0.632. The number of aromatic nitrogens is 1. The van der Waals surface area contributed by atoms with Gasteiger partial charge in [-0.05, 0) is 24.3 Å². The number of amides is 1. The molecule has 0 aliphatic rings. The van der Waals surface area contributed by atoms with Gasteiger partial charge in [0.2, 0.25) is 0 Å². The van der Waals surface area contributed by atoms with Crippen LogP contribution in [-0.4, -0.2) is 16.2 Å². The lowest BCUT2D eigenvalue weighted by Gasteiger charge is -2.18. The molecule has 1 aromatic heterocycles. The molecule has 1 heterocycles. The number of alkyl halides is 3. The van der Waals surface area contributed by atoms with Crippen LogP contribution in [0.25, 0.3) is 0 Å². The molecular formula is C13H9F3N2O2. The van der Waals surface area contributed by atoms with Gasteiger partial charge in [-0.1, -0.05) is 18.2 Å². The van der Waals surface area contributed by atoms with E-state index in [-0.39, 0.29) is 5.82 Å². The van der Waals surface area contributed by atoms with E-state index >= 15 is 0 Å². The Balaban J connectivity index is 2.39. The maximum atomic E-state index is 12.4. The Hall–Kier alpha value is -2.57. The van der Waals surface area contributed by atoms with Crippen molar-refractivity contribution >= 4 is 17.6 Å². The summed E-state index contributed by atoms with van der Waals surface area (Å²) < 4.78 is 37.3. The van der Waals surface area contributed by atoms with E-state index in [0.717, 1.165) is 17.0 Å².